The maximum Gasteiger partial charge on any atom is 0.417 e. The third kappa shape index (κ3) is 5.24. The molecule has 4 amide bonds. The molecule has 0 radical (unpaired) electrons. The number of thioether (sulfide) groups is 1. The lowest BCUT2D eigenvalue weighted by Crippen LogP contribution is -2.74. The fourth-order valence-corrected chi connectivity index (χ4v) is 5.89. The third-order valence-electron chi connectivity index (χ3n) is 5.01. The molecule has 2 aliphatic heterocycles. The van der Waals surface area contributed by atoms with Crippen molar-refractivity contribution >= 4 is 58.1 Å². The van der Waals surface area contributed by atoms with E-state index in [4.69, 9.17) is 9.47 Å². The van der Waals surface area contributed by atoms with Crippen LogP contribution in [-0.4, -0.2) is 75.9 Å². The largest absolute Gasteiger partial charge is 0.481 e. The van der Waals surface area contributed by atoms with E-state index in [1.807, 2.05) is 5.32 Å². The Hall–Kier alpha value is -2.80. The van der Waals surface area contributed by atoms with Gasteiger partial charge in [0.05, 0.1) is 5.00 Å². The van der Waals surface area contributed by atoms with Crippen molar-refractivity contribution in [3.63, 3.8) is 0 Å². The molecule has 180 valence electrons. The number of fused-ring (bicyclic) bond motifs is 1. The normalized spacial score (nSPS) is 24.2. The average Bonchev–Trinajstić information content (AvgIpc) is 3.22. The van der Waals surface area contributed by atoms with Gasteiger partial charge in [-0.05, 0) is 38.3 Å². The van der Waals surface area contributed by atoms with Crippen LogP contribution in [0.4, 0.5) is 14.6 Å². The maximum atomic E-state index is 12.9. The van der Waals surface area contributed by atoms with Crippen molar-refractivity contribution < 1.29 is 38.6 Å². The first-order chi connectivity index (χ1) is 15.3. The van der Waals surface area contributed by atoms with E-state index in [0.29, 0.717) is 5.00 Å². The summed E-state index contributed by atoms with van der Waals surface area (Å²) in [6.45, 7) is 5.50. The minimum atomic E-state index is -1.56. The summed E-state index contributed by atoms with van der Waals surface area (Å²) in [7, 11) is 0. The second-order valence-corrected chi connectivity index (χ2v) is 10.8. The summed E-state index contributed by atoms with van der Waals surface area (Å²) in [5.41, 5.74) is -2.38. The number of nitrogens with one attached hydrogen (secondary N) is 1. The summed E-state index contributed by atoms with van der Waals surface area (Å²) < 4.78 is 9.96. The summed E-state index contributed by atoms with van der Waals surface area (Å²) in [6, 6.07) is 2.79. The zero-order valence-corrected chi connectivity index (χ0v) is 20.2. The fraction of sp³-hybridized carbons (Fsp3) is 0.550. The van der Waals surface area contributed by atoms with E-state index in [-0.39, 0.29) is 24.1 Å². The highest BCUT2D eigenvalue weighted by molar-refractivity contribution is 8.00. The predicted octanol–water partition coefficient (Wildman–Crippen LogP) is 2.12. The third-order valence-corrected chi connectivity index (χ3v) is 7.45. The molecular formula is C20H25N3O8S2. The molecule has 11 nitrogen and oxygen atoms in total. The second kappa shape index (κ2) is 9.21. The van der Waals surface area contributed by atoms with E-state index in [9.17, 15) is 29.1 Å². The Bertz CT molecular complexity index is 961. The number of nitrogens with zero attached hydrogens (tertiary/aromatic N) is 2. The van der Waals surface area contributed by atoms with Gasteiger partial charge in [-0.2, -0.15) is 0 Å². The Morgan fingerprint density at radius 3 is 2.55 bits per heavy atom. The molecule has 13 heteroatoms. The molecule has 2 N–H and O–H groups in total. The molecule has 1 aromatic rings. The smallest absolute Gasteiger partial charge is 0.417 e. The van der Waals surface area contributed by atoms with Crippen molar-refractivity contribution in [2.45, 2.75) is 44.7 Å². The van der Waals surface area contributed by atoms with Crippen molar-refractivity contribution in [1.82, 2.24) is 10.2 Å². The number of thiophene rings is 1. The van der Waals surface area contributed by atoms with Crippen molar-refractivity contribution in [1.29, 1.82) is 0 Å². The van der Waals surface area contributed by atoms with Gasteiger partial charge in [0, 0.05) is 19.2 Å². The van der Waals surface area contributed by atoms with Crippen molar-refractivity contribution in [3.8, 4) is 0 Å². The van der Waals surface area contributed by atoms with Gasteiger partial charge in [-0.3, -0.25) is 19.3 Å². The lowest BCUT2D eigenvalue weighted by atomic mass is 9.88. The number of anilines is 1. The first-order valence-electron chi connectivity index (χ1n) is 10.0. The molecule has 2 fully saturated rings. The van der Waals surface area contributed by atoms with Gasteiger partial charge in [0.1, 0.15) is 29.0 Å². The van der Waals surface area contributed by atoms with Gasteiger partial charge >= 0.3 is 18.2 Å². The van der Waals surface area contributed by atoms with Gasteiger partial charge in [-0.25, -0.2) is 14.9 Å². The van der Waals surface area contributed by atoms with E-state index >= 15 is 0 Å². The number of β-lactam (4-membered cyclic amide) rings is 1. The molecule has 3 heterocycles. The number of ether oxygens (including phenoxy) is 2. The van der Waals surface area contributed by atoms with Crippen molar-refractivity contribution in [2.24, 2.45) is 5.41 Å². The molecule has 0 aliphatic carbocycles. The SMILES string of the molecule is CC(=O)N(c1cccs1)C1C(=O)N2CC(COC(=O)NC(=O)OC(C)(C)C)(C(=O)O)CS[C@H]12. The standard InChI is InChI=1S/C20H25N3O8S2/c1-11(24)23(12-6-5-7-32-12)13-14(25)22-8-20(16(26)27,10-33-15(13)22)9-30-17(28)21-18(29)31-19(2,3)4/h5-7,13,15H,8-10H2,1-4H3,(H,26,27)(H,21,28,29)/t13?,15-,20?/m1/s1. The van der Waals surface area contributed by atoms with E-state index in [2.05, 4.69) is 0 Å². The number of alkyl carbamates (subject to hydrolysis) is 2. The lowest BCUT2D eigenvalue weighted by molar-refractivity contribution is -0.159. The zero-order chi connectivity index (χ0) is 24.6. The van der Waals surface area contributed by atoms with Crippen LogP contribution < -0.4 is 10.2 Å². The molecule has 2 unspecified atom stereocenters. The number of hydrogen-bond acceptors (Lipinski definition) is 9. The van der Waals surface area contributed by atoms with Crippen LogP contribution in [0.15, 0.2) is 17.5 Å². The molecule has 0 spiro atoms. The number of aliphatic carboxylic acids is 1. The van der Waals surface area contributed by atoms with Crippen LogP contribution in [-0.2, 0) is 23.9 Å². The minimum absolute atomic E-state index is 0.0448. The second-order valence-electron chi connectivity index (χ2n) is 8.74. The van der Waals surface area contributed by atoms with Crippen LogP contribution in [0.5, 0.6) is 0 Å². The van der Waals surface area contributed by atoms with Gasteiger partial charge in [0.25, 0.3) is 0 Å². The minimum Gasteiger partial charge on any atom is -0.481 e. The Kier molecular flexibility index (Phi) is 6.93. The summed E-state index contributed by atoms with van der Waals surface area (Å²) in [5, 5.41) is 13.8. The maximum absolute atomic E-state index is 12.9. The summed E-state index contributed by atoms with van der Waals surface area (Å²) >= 11 is 2.54. The van der Waals surface area contributed by atoms with Crippen LogP contribution in [0.3, 0.4) is 0 Å². The molecule has 2 aliphatic rings. The number of amides is 4. The molecule has 3 rings (SSSR count). The highest BCUT2D eigenvalue weighted by Gasteiger charge is 2.60. The van der Waals surface area contributed by atoms with Gasteiger partial charge in [-0.15, -0.1) is 23.1 Å². The number of carboxylic acid groups (broad SMARTS) is 1. The molecule has 3 atom stereocenters. The van der Waals surface area contributed by atoms with E-state index < -0.39 is 47.2 Å². The molecule has 2 saturated heterocycles. The quantitative estimate of drug-likeness (QED) is 0.582. The molecule has 0 saturated carbocycles. The molecule has 0 bridgehead atoms. The van der Waals surface area contributed by atoms with E-state index in [0.717, 1.165) is 0 Å². The summed E-state index contributed by atoms with van der Waals surface area (Å²) in [6.07, 6.45) is -2.17. The topological polar surface area (TPSA) is 143 Å². The van der Waals surface area contributed by atoms with Crippen LogP contribution in [0.2, 0.25) is 0 Å². The van der Waals surface area contributed by atoms with Gasteiger partial charge < -0.3 is 19.5 Å². The number of carbonyl (C=O) groups excluding carboxylic acids is 4. The van der Waals surface area contributed by atoms with Crippen LogP contribution in [0.1, 0.15) is 27.7 Å². The Morgan fingerprint density at radius 2 is 2.00 bits per heavy atom. The Labute approximate surface area is 198 Å². The summed E-state index contributed by atoms with van der Waals surface area (Å²) in [4.78, 5) is 63.7. The number of carboxylic acids is 1. The molecule has 33 heavy (non-hydrogen) atoms. The number of rotatable bonds is 5. The monoisotopic (exact) mass is 499 g/mol. The molecule has 0 aromatic carbocycles. The van der Waals surface area contributed by atoms with E-state index in [1.54, 1.807) is 38.3 Å². The number of carbonyl (C=O) groups is 5. The van der Waals surface area contributed by atoms with Crippen molar-refractivity contribution in [2.75, 3.05) is 23.8 Å². The summed E-state index contributed by atoms with van der Waals surface area (Å²) in [5.74, 6) is -1.85. The van der Waals surface area contributed by atoms with Gasteiger partial charge in [0.15, 0.2) is 0 Å². The highest BCUT2D eigenvalue weighted by Crippen LogP contribution is 2.45. The first kappa shape index (κ1) is 24.8. The average molecular weight is 500 g/mol. The van der Waals surface area contributed by atoms with Crippen LogP contribution in [0, 0.1) is 5.41 Å². The zero-order valence-electron chi connectivity index (χ0n) is 18.5. The highest BCUT2D eigenvalue weighted by atomic mass is 32.2. The first-order valence-corrected chi connectivity index (χ1v) is 11.9. The number of imide groups is 1. The van der Waals surface area contributed by atoms with Gasteiger partial charge in [0.2, 0.25) is 11.8 Å². The van der Waals surface area contributed by atoms with Crippen LogP contribution in [0.25, 0.3) is 0 Å². The fourth-order valence-electron chi connectivity index (χ4n) is 3.51. The molecular weight excluding hydrogens is 474 g/mol. The van der Waals surface area contributed by atoms with Crippen LogP contribution >= 0.6 is 23.1 Å². The van der Waals surface area contributed by atoms with Crippen molar-refractivity contribution in [3.05, 3.63) is 17.5 Å². The Balaban J connectivity index is 1.65. The van der Waals surface area contributed by atoms with Gasteiger partial charge in [-0.1, -0.05) is 0 Å². The predicted molar refractivity (Wildman–Crippen MR) is 120 cm³/mol. The number of hydrogen-bond donors (Lipinski definition) is 2. The Morgan fingerprint density at radius 1 is 1.30 bits per heavy atom. The molecule has 1 aromatic heterocycles. The van der Waals surface area contributed by atoms with E-state index in [1.165, 1.54) is 39.8 Å². The lowest BCUT2D eigenvalue weighted by Gasteiger charge is -2.55.